The zero-order valence-corrected chi connectivity index (χ0v) is 14.9. The van der Waals surface area contributed by atoms with Crippen LogP contribution in [0.3, 0.4) is 0 Å². The van der Waals surface area contributed by atoms with E-state index in [1.807, 2.05) is 19.3 Å². The number of pyridine rings is 1. The molecule has 0 aliphatic carbocycles. The summed E-state index contributed by atoms with van der Waals surface area (Å²) < 4.78 is 18.2. The lowest BCUT2D eigenvalue weighted by Gasteiger charge is -2.13. The molecule has 4 heterocycles. The maximum absolute atomic E-state index is 15.0. The van der Waals surface area contributed by atoms with Crippen LogP contribution in [0, 0.1) is 5.82 Å². The van der Waals surface area contributed by atoms with Gasteiger partial charge in [-0.15, -0.1) is 0 Å². The van der Waals surface area contributed by atoms with Crippen LogP contribution >= 0.6 is 0 Å². The van der Waals surface area contributed by atoms with Gasteiger partial charge in [0.05, 0.1) is 29.3 Å². The Morgan fingerprint density at radius 2 is 1.96 bits per heavy atom. The van der Waals surface area contributed by atoms with E-state index < -0.39 is 11.9 Å². The summed E-state index contributed by atoms with van der Waals surface area (Å²) in [6.45, 7) is 0. The fourth-order valence-corrected chi connectivity index (χ4v) is 3.29. The Morgan fingerprint density at radius 3 is 2.79 bits per heavy atom. The van der Waals surface area contributed by atoms with E-state index in [-0.39, 0.29) is 5.56 Å². The van der Waals surface area contributed by atoms with E-state index in [9.17, 15) is 9.50 Å². The molecule has 7 nitrogen and oxygen atoms in total. The Bertz CT molecular complexity index is 1330. The van der Waals surface area contributed by atoms with Gasteiger partial charge in [0.1, 0.15) is 11.9 Å². The summed E-state index contributed by atoms with van der Waals surface area (Å²) in [5.74, 6) is -0.503. The zero-order valence-electron chi connectivity index (χ0n) is 14.9. The predicted molar refractivity (Wildman–Crippen MR) is 101 cm³/mol. The minimum Gasteiger partial charge on any atom is -0.382 e. The van der Waals surface area contributed by atoms with E-state index in [0.29, 0.717) is 27.9 Å². The second-order valence-corrected chi connectivity index (χ2v) is 6.52. The molecule has 8 heteroatoms. The van der Waals surface area contributed by atoms with Gasteiger partial charge in [-0.25, -0.2) is 13.9 Å². The number of rotatable bonds is 3. The van der Waals surface area contributed by atoms with Crippen molar-refractivity contribution < 1.29 is 9.50 Å². The molecular weight excluding hydrogens is 359 g/mol. The fraction of sp³-hybridized carbons (Fsp3) is 0.100. The number of aliphatic hydroxyl groups excluding tert-OH is 1. The number of aromatic nitrogens is 6. The van der Waals surface area contributed by atoms with Crippen LogP contribution in [0.15, 0.2) is 61.2 Å². The normalized spacial score (nSPS) is 12.7. The second-order valence-electron chi connectivity index (χ2n) is 6.52. The summed E-state index contributed by atoms with van der Waals surface area (Å²) in [5.41, 5.74) is 3.13. The molecule has 0 saturated carbocycles. The molecule has 0 aliphatic rings. The van der Waals surface area contributed by atoms with Crippen LogP contribution in [0.25, 0.3) is 27.8 Å². The van der Waals surface area contributed by atoms with Crippen LogP contribution in [0.1, 0.15) is 17.4 Å². The van der Waals surface area contributed by atoms with Crippen molar-refractivity contribution in [2.75, 3.05) is 0 Å². The van der Waals surface area contributed by atoms with Crippen molar-refractivity contribution in [2.45, 2.75) is 6.10 Å². The van der Waals surface area contributed by atoms with Crippen molar-refractivity contribution in [3.05, 3.63) is 78.3 Å². The van der Waals surface area contributed by atoms with Crippen molar-refractivity contribution in [3.8, 4) is 11.3 Å². The van der Waals surface area contributed by atoms with E-state index in [0.717, 1.165) is 5.56 Å². The average molecular weight is 374 g/mol. The third-order valence-corrected chi connectivity index (χ3v) is 4.71. The number of aliphatic hydroxyl groups is 1. The molecule has 138 valence electrons. The van der Waals surface area contributed by atoms with Gasteiger partial charge >= 0.3 is 0 Å². The van der Waals surface area contributed by atoms with Gasteiger partial charge < -0.3 is 5.11 Å². The summed E-state index contributed by atoms with van der Waals surface area (Å²) >= 11 is 0. The number of halogens is 1. The minimum atomic E-state index is -1.23. The van der Waals surface area contributed by atoms with E-state index >= 15 is 0 Å². The molecule has 5 rings (SSSR count). The van der Waals surface area contributed by atoms with Gasteiger partial charge in [-0.2, -0.15) is 10.2 Å². The van der Waals surface area contributed by atoms with Crippen LogP contribution < -0.4 is 0 Å². The van der Waals surface area contributed by atoms with Crippen molar-refractivity contribution in [1.82, 2.24) is 29.4 Å². The van der Waals surface area contributed by atoms with Crippen LogP contribution in [0.4, 0.5) is 4.39 Å². The van der Waals surface area contributed by atoms with E-state index in [2.05, 4.69) is 20.2 Å². The molecule has 0 aliphatic heterocycles. The second kappa shape index (κ2) is 6.21. The Balaban J connectivity index is 1.63. The molecule has 0 spiro atoms. The lowest BCUT2D eigenvalue weighted by Crippen LogP contribution is -2.08. The molecule has 0 saturated heterocycles. The first-order valence-electron chi connectivity index (χ1n) is 8.67. The number of fused-ring (bicyclic) bond motifs is 2. The number of hydrogen-bond donors (Lipinski definition) is 1. The molecule has 0 radical (unpaired) electrons. The molecule has 0 bridgehead atoms. The van der Waals surface area contributed by atoms with Gasteiger partial charge in [-0.1, -0.05) is 6.07 Å². The number of hydrogen-bond acceptors (Lipinski definition) is 5. The maximum atomic E-state index is 15.0. The Hall–Kier alpha value is -3.65. The first-order chi connectivity index (χ1) is 13.6. The number of benzene rings is 1. The van der Waals surface area contributed by atoms with Crippen LogP contribution in [-0.4, -0.2) is 34.5 Å². The summed E-state index contributed by atoms with van der Waals surface area (Å²) in [4.78, 5) is 8.42. The molecule has 4 aromatic heterocycles. The van der Waals surface area contributed by atoms with Crippen molar-refractivity contribution in [2.24, 2.45) is 7.05 Å². The van der Waals surface area contributed by atoms with Gasteiger partial charge in [0.25, 0.3) is 0 Å². The third-order valence-electron chi connectivity index (χ3n) is 4.71. The first kappa shape index (κ1) is 16.5. The van der Waals surface area contributed by atoms with E-state index in [1.165, 1.54) is 10.7 Å². The van der Waals surface area contributed by atoms with Gasteiger partial charge in [0.2, 0.25) is 0 Å². The van der Waals surface area contributed by atoms with E-state index in [1.54, 1.807) is 47.4 Å². The summed E-state index contributed by atoms with van der Waals surface area (Å²) in [5, 5.41) is 20.0. The predicted octanol–water partition coefficient (Wildman–Crippen LogP) is 2.90. The first-order valence-corrected chi connectivity index (χ1v) is 8.67. The molecule has 1 aromatic carbocycles. The number of nitrogens with zero attached hydrogens (tertiary/aromatic N) is 6. The Kier molecular flexibility index (Phi) is 3.66. The molecule has 5 aromatic rings. The SMILES string of the molecule is Cn1cc(-c2ccc3ncc(C(O)c4ccc5ncccc5c4F)n3n2)cn1. The smallest absolute Gasteiger partial charge is 0.153 e. The average Bonchev–Trinajstić information content (AvgIpc) is 3.33. The standard InChI is InChI=1S/C20H15FN6O/c1-26-11-12(9-24-26)15-6-7-18-23-10-17(27(18)25-15)20(28)14-4-5-16-13(19(14)21)3-2-8-22-16/h2-11,20,28H,1H3. The topological polar surface area (TPSA) is 81.1 Å². The van der Waals surface area contributed by atoms with Gasteiger partial charge in [0, 0.05) is 36.0 Å². The molecule has 1 atom stereocenters. The maximum Gasteiger partial charge on any atom is 0.153 e. The minimum absolute atomic E-state index is 0.149. The van der Waals surface area contributed by atoms with Gasteiger partial charge in [-0.3, -0.25) is 9.67 Å². The molecule has 1 unspecified atom stereocenters. The van der Waals surface area contributed by atoms with Gasteiger partial charge in [0.15, 0.2) is 5.65 Å². The highest BCUT2D eigenvalue weighted by atomic mass is 19.1. The zero-order chi connectivity index (χ0) is 19.3. The van der Waals surface area contributed by atoms with Crippen molar-refractivity contribution in [1.29, 1.82) is 0 Å². The van der Waals surface area contributed by atoms with Gasteiger partial charge in [-0.05, 0) is 30.3 Å². The summed E-state index contributed by atoms with van der Waals surface area (Å²) in [7, 11) is 1.83. The van der Waals surface area contributed by atoms with Crippen molar-refractivity contribution in [3.63, 3.8) is 0 Å². The molecule has 0 fully saturated rings. The highest BCUT2D eigenvalue weighted by Crippen LogP contribution is 2.29. The number of aryl methyl sites for hydroxylation is 1. The Morgan fingerprint density at radius 1 is 1.07 bits per heavy atom. The quantitative estimate of drug-likeness (QED) is 0.525. The number of imidazole rings is 1. The lowest BCUT2D eigenvalue weighted by atomic mass is 10.0. The Labute approximate surface area is 158 Å². The third kappa shape index (κ3) is 2.54. The molecule has 1 N–H and O–H groups in total. The van der Waals surface area contributed by atoms with Crippen molar-refractivity contribution >= 4 is 16.6 Å². The fourth-order valence-electron chi connectivity index (χ4n) is 3.29. The van der Waals surface area contributed by atoms with Crippen LogP contribution in [0.2, 0.25) is 0 Å². The van der Waals surface area contributed by atoms with Crippen LogP contribution in [0.5, 0.6) is 0 Å². The van der Waals surface area contributed by atoms with E-state index in [4.69, 9.17) is 0 Å². The van der Waals surface area contributed by atoms with Crippen LogP contribution in [-0.2, 0) is 7.05 Å². The molecule has 0 amide bonds. The molecule has 28 heavy (non-hydrogen) atoms. The largest absolute Gasteiger partial charge is 0.382 e. The highest BCUT2D eigenvalue weighted by molar-refractivity contribution is 5.80. The lowest BCUT2D eigenvalue weighted by molar-refractivity contribution is 0.208. The monoisotopic (exact) mass is 374 g/mol. The highest BCUT2D eigenvalue weighted by Gasteiger charge is 2.21. The molecular formula is C20H15FN6O. The summed E-state index contributed by atoms with van der Waals surface area (Å²) in [6.07, 6.45) is 5.43. The summed E-state index contributed by atoms with van der Waals surface area (Å²) in [6, 6.07) is 10.2.